The van der Waals surface area contributed by atoms with Crippen LogP contribution in [0.4, 0.5) is 5.82 Å². The van der Waals surface area contributed by atoms with Gasteiger partial charge in [0, 0.05) is 11.8 Å². The summed E-state index contributed by atoms with van der Waals surface area (Å²) in [5, 5.41) is 0. The summed E-state index contributed by atoms with van der Waals surface area (Å²) in [6.07, 6.45) is 1.15. The molecule has 0 radical (unpaired) electrons. The second kappa shape index (κ2) is 4.13. The van der Waals surface area contributed by atoms with Crippen molar-refractivity contribution in [2.75, 3.05) is 12.5 Å². The Bertz CT molecular complexity index is 723. The summed E-state index contributed by atoms with van der Waals surface area (Å²) in [5.74, 6) is 0.730. The van der Waals surface area contributed by atoms with Crippen molar-refractivity contribution in [2.24, 2.45) is 0 Å². The van der Waals surface area contributed by atoms with Crippen LogP contribution in [0.5, 0.6) is 11.5 Å². The lowest BCUT2D eigenvalue weighted by Gasteiger charge is -2.04. The van der Waals surface area contributed by atoms with E-state index >= 15 is 0 Å². The molecule has 1 aliphatic rings. The molecule has 0 saturated carbocycles. The molecule has 0 unspecified atom stereocenters. The third-order valence-electron chi connectivity index (χ3n) is 2.72. The second-order valence-corrected chi connectivity index (χ2v) is 3.91. The highest BCUT2D eigenvalue weighted by Gasteiger charge is 2.19. The predicted molar refractivity (Wildman–Crippen MR) is 65.3 cm³/mol. The maximum Gasteiger partial charge on any atom is 0.346 e. The molecule has 0 aliphatic carbocycles. The Morgan fingerprint density at radius 2 is 2.11 bits per heavy atom. The lowest BCUT2D eigenvalue weighted by Crippen LogP contribution is -2.17. The van der Waals surface area contributed by atoms with Crippen molar-refractivity contribution in [1.82, 2.24) is 9.97 Å². The van der Waals surface area contributed by atoms with Crippen LogP contribution in [0.15, 0.2) is 29.2 Å². The van der Waals surface area contributed by atoms with Gasteiger partial charge in [-0.25, -0.2) is 9.78 Å². The van der Waals surface area contributed by atoms with E-state index in [9.17, 15) is 9.59 Å². The number of rotatable bonds is 2. The molecule has 96 valence electrons. The summed E-state index contributed by atoms with van der Waals surface area (Å²) in [7, 11) is 0. The maximum absolute atomic E-state index is 12.2. The van der Waals surface area contributed by atoms with Gasteiger partial charge in [-0.1, -0.05) is 0 Å². The Balaban J connectivity index is 2.02. The van der Waals surface area contributed by atoms with E-state index in [1.165, 1.54) is 0 Å². The molecule has 0 bridgehead atoms. The quantitative estimate of drug-likeness (QED) is 0.751. The summed E-state index contributed by atoms with van der Waals surface area (Å²) in [5.41, 5.74) is 5.52. The van der Waals surface area contributed by atoms with Crippen LogP contribution in [-0.2, 0) is 0 Å². The number of ether oxygens (including phenoxy) is 2. The maximum atomic E-state index is 12.2. The summed E-state index contributed by atoms with van der Waals surface area (Å²) in [6.45, 7) is 0.134. The van der Waals surface area contributed by atoms with Crippen LogP contribution in [0.3, 0.4) is 0 Å². The topological polar surface area (TPSA) is 107 Å². The Labute approximate surface area is 107 Å². The average Bonchev–Trinajstić information content (AvgIpc) is 2.85. The van der Waals surface area contributed by atoms with E-state index in [-0.39, 0.29) is 24.0 Å². The molecule has 1 aromatic carbocycles. The number of aromatic amines is 1. The van der Waals surface area contributed by atoms with Crippen LogP contribution in [0, 0.1) is 0 Å². The number of carbonyl (C=O) groups excluding carboxylic acids is 1. The van der Waals surface area contributed by atoms with Crippen LogP contribution < -0.4 is 20.9 Å². The van der Waals surface area contributed by atoms with E-state index in [0.29, 0.717) is 17.1 Å². The fourth-order valence-electron chi connectivity index (χ4n) is 1.78. The molecule has 2 heterocycles. The largest absolute Gasteiger partial charge is 0.454 e. The highest BCUT2D eigenvalue weighted by Crippen LogP contribution is 2.33. The van der Waals surface area contributed by atoms with Gasteiger partial charge in [0.05, 0.1) is 5.56 Å². The SMILES string of the molecule is Nc1[nH]c(=O)ncc1C(=O)c1ccc2c(c1)OCO2. The Morgan fingerprint density at radius 1 is 1.32 bits per heavy atom. The third kappa shape index (κ3) is 1.90. The van der Waals surface area contributed by atoms with Crippen LogP contribution in [0.2, 0.25) is 0 Å². The van der Waals surface area contributed by atoms with E-state index < -0.39 is 5.69 Å². The molecular weight excluding hydrogens is 250 g/mol. The van der Waals surface area contributed by atoms with Crippen molar-refractivity contribution in [3.05, 3.63) is 46.0 Å². The standard InChI is InChI=1S/C12H9N3O4/c13-11-7(4-14-12(17)15-11)10(16)6-1-2-8-9(3-6)19-5-18-8/h1-4H,5H2,(H3,13,14,15,17). The molecule has 0 amide bonds. The van der Waals surface area contributed by atoms with Crippen molar-refractivity contribution in [3.8, 4) is 11.5 Å². The average molecular weight is 259 g/mol. The minimum atomic E-state index is -0.597. The lowest BCUT2D eigenvalue weighted by molar-refractivity contribution is 0.103. The summed E-state index contributed by atoms with van der Waals surface area (Å²) >= 11 is 0. The van der Waals surface area contributed by atoms with Gasteiger partial charge in [0.1, 0.15) is 5.82 Å². The number of hydrogen-bond acceptors (Lipinski definition) is 6. The molecule has 7 heteroatoms. The van der Waals surface area contributed by atoms with Crippen molar-refractivity contribution in [3.63, 3.8) is 0 Å². The number of carbonyl (C=O) groups is 1. The number of benzene rings is 1. The molecule has 3 rings (SSSR count). The first-order valence-electron chi connectivity index (χ1n) is 5.44. The van der Waals surface area contributed by atoms with Gasteiger partial charge in [-0.3, -0.25) is 9.78 Å². The van der Waals surface area contributed by atoms with E-state index in [4.69, 9.17) is 15.2 Å². The van der Waals surface area contributed by atoms with E-state index in [2.05, 4.69) is 9.97 Å². The van der Waals surface area contributed by atoms with Gasteiger partial charge >= 0.3 is 5.69 Å². The number of nitrogens with two attached hydrogens (primary N) is 1. The highest BCUT2D eigenvalue weighted by atomic mass is 16.7. The van der Waals surface area contributed by atoms with Gasteiger partial charge in [0.2, 0.25) is 6.79 Å². The Hall–Kier alpha value is -2.83. The Kier molecular flexibility index (Phi) is 2.45. The zero-order valence-corrected chi connectivity index (χ0v) is 9.67. The molecule has 0 spiro atoms. The fraction of sp³-hybridized carbons (Fsp3) is 0.0833. The third-order valence-corrected chi connectivity index (χ3v) is 2.72. The minimum absolute atomic E-state index is 0.0114. The number of fused-ring (bicyclic) bond motifs is 1. The van der Waals surface area contributed by atoms with Gasteiger partial charge in [-0.15, -0.1) is 0 Å². The van der Waals surface area contributed by atoms with E-state index in [1.54, 1.807) is 18.2 Å². The number of nitrogen functional groups attached to an aromatic ring is 1. The molecule has 0 atom stereocenters. The molecular formula is C12H9N3O4. The fourth-order valence-corrected chi connectivity index (χ4v) is 1.78. The summed E-state index contributed by atoms with van der Waals surface area (Å²) in [6, 6.07) is 4.81. The lowest BCUT2D eigenvalue weighted by atomic mass is 10.0. The number of H-pyrrole nitrogens is 1. The molecule has 1 aromatic heterocycles. The van der Waals surface area contributed by atoms with Crippen molar-refractivity contribution < 1.29 is 14.3 Å². The molecule has 0 fully saturated rings. The van der Waals surface area contributed by atoms with Gasteiger partial charge in [0.25, 0.3) is 0 Å². The van der Waals surface area contributed by atoms with Crippen LogP contribution in [-0.4, -0.2) is 22.5 Å². The normalized spacial score (nSPS) is 12.4. The number of nitrogens with one attached hydrogen (secondary N) is 1. The van der Waals surface area contributed by atoms with E-state index in [0.717, 1.165) is 6.20 Å². The minimum Gasteiger partial charge on any atom is -0.454 e. The first kappa shape index (κ1) is 11.3. The molecule has 2 aromatic rings. The first-order valence-corrected chi connectivity index (χ1v) is 5.44. The first-order chi connectivity index (χ1) is 9.15. The van der Waals surface area contributed by atoms with Crippen molar-refractivity contribution in [2.45, 2.75) is 0 Å². The van der Waals surface area contributed by atoms with Gasteiger partial charge in [0.15, 0.2) is 17.3 Å². The van der Waals surface area contributed by atoms with Crippen LogP contribution >= 0.6 is 0 Å². The van der Waals surface area contributed by atoms with Crippen LogP contribution in [0.25, 0.3) is 0 Å². The molecule has 7 nitrogen and oxygen atoms in total. The molecule has 19 heavy (non-hydrogen) atoms. The number of aromatic nitrogens is 2. The predicted octanol–water partition coefficient (Wildman–Crippen LogP) is 0.312. The zero-order chi connectivity index (χ0) is 13.4. The number of hydrogen-bond donors (Lipinski definition) is 2. The number of nitrogens with zero attached hydrogens (tertiary/aromatic N) is 1. The Morgan fingerprint density at radius 3 is 2.89 bits per heavy atom. The summed E-state index contributed by atoms with van der Waals surface area (Å²) in [4.78, 5) is 29.0. The van der Waals surface area contributed by atoms with Crippen molar-refractivity contribution in [1.29, 1.82) is 0 Å². The van der Waals surface area contributed by atoms with Crippen molar-refractivity contribution >= 4 is 11.6 Å². The monoisotopic (exact) mass is 259 g/mol. The van der Waals surface area contributed by atoms with Gasteiger partial charge in [-0.05, 0) is 18.2 Å². The smallest absolute Gasteiger partial charge is 0.346 e. The van der Waals surface area contributed by atoms with Gasteiger partial charge in [-0.2, -0.15) is 0 Å². The number of ketones is 1. The molecule has 1 aliphatic heterocycles. The summed E-state index contributed by atoms with van der Waals surface area (Å²) < 4.78 is 10.4. The zero-order valence-electron chi connectivity index (χ0n) is 9.67. The molecule has 3 N–H and O–H groups in total. The van der Waals surface area contributed by atoms with Gasteiger partial charge < -0.3 is 15.2 Å². The number of anilines is 1. The van der Waals surface area contributed by atoms with Crippen LogP contribution in [0.1, 0.15) is 15.9 Å². The van der Waals surface area contributed by atoms with E-state index in [1.807, 2.05) is 0 Å². The molecule has 0 saturated heterocycles. The second-order valence-electron chi connectivity index (χ2n) is 3.91. The highest BCUT2D eigenvalue weighted by molar-refractivity contribution is 6.11.